The third kappa shape index (κ3) is 5.52. The van der Waals surface area contributed by atoms with Crippen LogP contribution in [0.25, 0.3) is 0 Å². The van der Waals surface area contributed by atoms with Gasteiger partial charge in [-0.3, -0.25) is 9.59 Å². The van der Waals surface area contributed by atoms with Gasteiger partial charge < -0.3 is 4.74 Å². The van der Waals surface area contributed by atoms with Crippen molar-refractivity contribution in [1.29, 1.82) is 0 Å². The molecule has 0 aliphatic rings. The van der Waals surface area contributed by atoms with E-state index in [0.29, 0.717) is 5.56 Å². The van der Waals surface area contributed by atoms with Gasteiger partial charge in [0.15, 0.2) is 15.6 Å². The average molecular weight is 403 g/mol. The molecule has 0 spiro atoms. The molecule has 0 saturated carbocycles. The van der Waals surface area contributed by atoms with Crippen molar-refractivity contribution in [2.24, 2.45) is 11.8 Å². The van der Waals surface area contributed by atoms with Crippen molar-refractivity contribution in [3.63, 3.8) is 0 Å². The van der Waals surface area contributed by atoms with Gasteiger partial charge in [-0.25, -0.2) is 8.42 Å². The summed E-state index contributed by atoms with van der Waals surface area (Å²) in [6, 6.07) is 15.0. The van der Waals surface area contributed by atoms with Gasteiger partial charge in [0.05, 0.1) is 16.6 Å². The second-order valence-electron chi connectivity index (χ2n) is 7.25. The summed E-state index contributed by atoms with van der Waals surface area (Å²) in [7, 11) is -3.76. The van der Waals surface area contributed by atoms with Crippen LogP contribution in [-0.2, 0) is 19.4 Å². The predicted octanol–water partition coefficient (Wildman–Crippen LogP) is 3.86. The number of esters is 1. The number of carbonyl (C=O) groups is 2. The Hall–Kier alpha value is -2.47. The van der Waals surface area contributed by atoms with Gasteiger partial charge in [-0.2, -0.15) is 0 Å². The minimum Gasteiger partial charge on any atom is -0.461 e. The third-order valence-electron chi connectivity index (χ3n) is 4.53. The van der Waals surface area contributed by atoms with Gasteiger partial charge in [0, 0.05) is 12.5 Å². The largest absolute Gasteiger partial charge is 0.461 e. The molecule has 0 fully saturated rings. The van der Waals surface area contributed by atoms with Gasteiger partial charge in [-0.1, -0.05) is 61.9 Å². The van der Waals surface area contributed by atoms with E-state index >= 15 is 0 Å². The summed E-state index contributed by atoms with van der Waals surface area (Å²) in [5, 5.41) is 0. The summed E-state index contributed by atoms with van der Waals surface area (Å²) < 4.78 is 31.4. The molecule has 0 aromatic heterocycles. The van der Waals surface area contributed by atoms with Crippen molar-refractivity contribution in [2.75, 3.05) is 5.75 Å². The number of ketones is 1. The van der Waals surface area contributed by atoms with Crippen molar-refractivity contribution >= 4 is 21.6 Å². The Bertz CT molecular complexity index is 915. The Morgan fingerprint density at radius 1 is 0.964 bits per heavy atom. The molecule has 2 rings (SSSR count). The highest BCUT2D eigenvalue weighted by Crippen LogP contribution is 2.26. The van der Waals surface area contributed by atoms with Crippen LogP contribution in [0.1, 0.15) is 36.7 Å². The number of rotatable bonds is 8. The van der Waals surface area contributed by atoms with E-state index in [1.807, 2.05) is 6.92 Å². The number of sulfone groups is 1. The van der Waals surface area contributed by atoms with Gasteiger partial charge >= 0.3 is 5.97 Å². The van der Waals surface area contributed by atoms with E-state index in [-0.39, 0.29) is 16.6 Å². The van der Waals surface area contributed by atoms with Crippen LogP contribution in [0.5, 0.6) is 0 Å². The minimum absolute atomic E-state index is 0.147. The average Bonchev–Trinajstić information content (AvgIpc) is 2.64. The van der Waals surface area contributed by atoms with Crippen LogP contribution in [-0.4, -0.2) is 32.0 Å². The lowest BCUT2D eigenvalue weighted by atomic mass is 9.88. The van der Waals surface area contributed by atoms with Gasteiger partial charge in [0.25, 0.3) is 0 Å². The van der Waals surface area contributed by atoms with Crippen LogP contribution >= 0.6 is 0 Å². The fourth-order valence-corrected chi connectivity index (χ4v) is 4.65. The molecule has 0 aliphatic carbocycles. The smallest absolute Gasteiger partial charge is 0.302 e. The number of aryl methyl sites for hydroxylation is 1. The standard InChI is InChI=1S/C22H26O5S/c1-15(2)22(27-17(4)23)20(21(24)18-8-6-5-7-9-18)14-28(25,26)19-12-10-16(3)11-13-19/h5-13,15,20,22H,14H2,1-4H3/t20-,22+/m0/s1. The first-order chi connectivity index (χ1) is 13.1. The number of hydrogen-bond donors (Lipinski definition) is 0. The van der Waals surface area contributed by atoms with E-state index in [1.54, 1.807) is 56.3 Å². The fourth-order valence-electron chi connectivity index (χ4n) is 3.09. The quantitative estimate of drug-likeness (QED) is 0.495. The van der Waals surface area contributed by atoms with Crippen molar-refractivity contribution in [2.45, 2.75) is 38.7 Å². The maximum Gasteiger partial charge on any atom is 0.302 e. The number of carbonyl (C=O) groups excluding carboxylic acids is 2. The van der Waals surface area contributed by atoms with Gasteiger partial charge in [0.1, 0.15) is 6.10 Å². The highest BCUT2D eigenvalue weighted by atomic mass is 32.2. The highest BCUT2D eigenvalue weighted by Gasteiger charge is 2.37. The molecule has 28 heavy (non-hydrogen) atoms. The lowest BCUT2D eigenvalue weighted by Crippen LogP contribution is -2.40. The zero-order valence-electron chi connectivity index (χ0n) is 16.6. The van der Waals surface area contributed by atoms with Gasteiger partial charge in [-0.05, 0) is 25.0 Å². The molecular weight excluding hydrogens is 376 g/mol. The van der Waals surface area contributed by atoms with Crippen LogP contribution in [0, 0.1) is 18.8 Å². The molecule has 5 nitrogen and oxygen atoms in total. The number of ether oxygens (including phenoxy) is 1. The first-order valence-electron chi connectivity index (χ1n) is 9.17. The molecule has 2 aromatic rings. The van der Waals surface area contributed by atoms with Crippen molar-refractivity contribution < 1.29 is 22.7 Å². The van der Waals surface area contributed by atoms with Crippen molar-refractivity contribution in [3.05, 3.63) is 65.7 Å². The SMILES string of the molecule is CC(=O)O[C@H](C(C)C)[C@@H](CS(=O)(=O)c1ccc(C)cc1)C(=O)c1ccccc1. The zero-order valence-corrected chi connectivity index (χ0v) is 17.4. The Balaban J connectivity index is 2.46. The van der Waals surface area contributed by atoms with Crippen LogP contribution in [0.3, 0.4) is 0 Å². The molecular formula is C22H26O5S. The van der Waals surface area contributed by atoms with E-state index in [1.165, 1.54) is 19.1 Å². The summed E-state index contributed by atoms with van der Waals surface area (Å²) in [5.74, 6) is -2.55. The molecule has 0 saturated heterocycles. The Morgan fingerprint density at radius 2 is 1.54 bits per heavy atom. The topological polar surface area (TPSA) is 77.5 Å². The van der Waals surface area contributed by atoms with Gasteiger partial charge in [-0.15, -0.1) is 0 Å². The van der Waals surface area contributed by atoms with E-state index in [4.69, 9.17) is 4.74 Å². The fraction of sp³-hybridized carbons (Fsp3) is 0.364. The second-order valence-corrected chi connectivity index (χ2v) is 9.28. The molecule has 0 bridgehead atoms. The summed E-state index contributed by atoms with van der Waals surface area (Å²) in [6.07, 6.45) is -0.842. The molecule has 0 radical (unpaired) electrons. The summed E-state index contributed by atoms with van der Waals surface area (Å²) in [5.41, 5.74) is 1.33. The Kier molecular flexibility index (Phi) is 7.13. The lowest BCUT2D eigenvalue weighted by molar-refractivity contribution is -0.150. The van der Waals surface area contributed by atoms with Crippen LogP contribution in [0.2, 0.25) is 0 Å². The lowest BCUT2D eigenvalue weighted by Gasteiger charge is -2.28. The number of hydrogen-bond acceptors (Lipinski definition) is 5. The summed E-state index contributed by atoms with van der Waals surface area (Å²) in [6.45, 7) is 6.73. The van der Waals surface area contributed by atoms with Crippen LogP contribution < -0.4 is 0 Å². The molecule has 2 aromatic carbocycles. The molecule has 0 aliphatic heterocycles. The van der Waals surface area contributed by atoms with Crippen LogP contribution in [0.15, 0.2) is 59.5 Å². The van der Waals surface area contributed by atoms with E-state index < -0.39 is 33.6 Å². The molecule has 0 heterocycles. The zero-order chi connectivity index (χ0) is 20.9. The monoisotopic (exact) mass is 402 g/mol. The minimum atomic E-state index is -3.76. The third-order valence-corrected chi connectivity index (χ3v) is 6.32. The normalized spacial score (nSPS) is 13.8. The van der Waals surface area contributed by atoms with Crippen molar-refractivity contribution in [3.8, 4) is 0 Å². The molecule has 6 heteroatoms. The summed E-state index contributed by atoms with van der Waals surface area (Å²) in [4.78, 5) is 24.9. The number of Topliss-reactive ketones (excluding diaryl/α,β-unsaturated/α-hetero) is 1. The maximum atomic E-state index is 13.2. The molecule has 0 N–H and O–H groups in total. The summed E-state index contributed by atoms with van der Waals surface area (Å²) >= 11 is 0. The second kappa shape index (κ2) is 9.15. The predicted molar refractivity (Wildman–Crippen MR) is 108 cm³/mol. The molecule has 2 atom stereocenters. The number of benzene rings is 2. The van der Waals surface area contributed by atoms with Crippen molar-refractivity contribution in [1.82, 2.24) is 0 Å². The van der Waals surface area contributed by atoms with E-state index in [2.05, 4.69) is 0 Å². The first kappa shape index (κ1) is 21.8. The Labute approximate surface area is 166 Å². The first-order valence-corrected chi connectivity index (χ1v) is 10.8. The molecule has 150 valence electrons. The highest BCUT2D eigenvalue weighted by molar-refractivity contribution is 7.91. The van der Waals surface area contributed by atoms with Crippen LogP contribution in [0.4, 0.5) is 0 Å². The Morgan fingerprint density at radius 3 is 2.04 bits per heavy atom. The van der Waals surface area contributed by atoms with Gasteiger partial charge in [0.2, 0.25) is 0 Å². The van der Waals surface area contributed by atoms with E-state index in [0.717, 1.165) is 5.56 Å². The maximum absolute atomic E-state index is 13.2. The molecule has 0 amide bonds. The molecule has 0 unspecified atom stereocenters. The van der Waals surface area contributed by atoms with E-state index in [9.17, 15) is 18.0 Å².